The van der Waals surface area contributed by atoms with Crippen LogP contribution in [0.2, 0.25) is 0 Å². The maximum atomic E-state index is 14.1. The lowest BCUT2D eigenvalue weighted by molar-refractivity contribution is -0.479. The predicted octanol–water partition coefficient (Wildman–Crippen LogP) is 2.61. The van der Waals surface area contributed by atoms with Crippen LogP contribution in [0.15, 0.2) is 48.8 Å². The number of nitrogens with one attached hydrogen (secondary N) is 3. The van der Waals surface area contributed by atoms with Gasteiger partial charge in [-0.15, -0.1) is 0 Å². The number of urea groups is 1. The van der Waals surface area contributed by atoms with E-state index in [9.17, 15) is 13.6 Å². The molecule has 3 heterocycles. The molecule has 0 radical (unpaired) electrons. The molecule has 188 valence electrons. The molecular formula is C25H28F2N7O2+. The Morgan fingerprint density at radius 1 is 1.25 bits per heavy atom. The summed E-state index contributed by atoms with van der Waals surface area (Å²) in [5.74, 6) is -0.928. The Labute approximate surface area is 207 Å². The molecule has 0 aliphatic carbocycles. The number of hydrogen-bond acceptors (Lipinski definition) is 6. The molecule has 0 saturated carbocycles. The van der Waals surface area contributed by atoms with Crippen LogP contribution in [-0.2, 0) is 11.3 Å². The van der Waals surface area contributed by atoms with Crippen LogP contribution >= 0.6 is 0 Å². The van der Waals surface area contributed by atoms with Crippen LogP contribution in [0, 0.1) is 24.0 Å². The Kier molecular flexibility index (Phi) is 7.93. The number of anilines is 1. The van der Waals surface area contributed by atoms with E-state index in [-0.39, 0.29) is 24.0 Å². The largest absolute Gasteiger partial charge is 0.378 e. The van der Waals surface area contributed by atoms with Crippen LogP contribution in [0.4, 0.5) is 30.8 Å². The molecule has 36 heavy (non-hydrogen) atoms. The molecule has 2 amide bonds. The molecule has 1 aliphatic heterocycles. The Hall–Kier alpha value is -3.80. The average molecular weight is 497 g/mol. The number of quaternary nitrogens is 1. The van der Waals surface area contributed by atoms with E-state index < -0.39 is 23.7 Å². The minimum Gasteiger partial charge on any atom is -0.378 e. The average Bonchev–Trinajstić information content (AvgIpc) is 3.23. The number of carbonyl (C=O) groups is 1. The molecular weight excluding hydrogens is 468 g/mol. The van der Waals surface area contributed by atoms with Crippen molar-refractivity contribution in [3.05, 3.63) is 77.2 Å². The quantitative estimate of drug-likeness (QED) is 0.358. The Bertz CT molecular complexity index is 1240. The maximum Gasteiger partial charge on any atom is 0.320 e. The third-order valence-electron chi connectivity index (χ3n) is 6.01. The molecule has 3 aromatic rings. The van der Waals surface area contributed by atoms with Gasteiger partial charge in [0.25, 0.3) is 0 Å². The fraction of sp³-hybridized carbons (Fsp3) is 0.280. The van der Waals surface area contributed by atoms with Gasteiger partial charge in [0.05, 0.1) is 23.9 Å². The number of aromatic nitrogens is 2. The molecule has 1 fully saturated rings. The number of methoxy groups -OCH3 is 1. The van der Waals surface area contributed by atoms with Gasteiger partial charge in [-0.05, 0) is 25.1 Å². The molecule has 0 bridgehead atoms. The van der Waals surface area contributed by atoms with E-state index in [1.807, 2.05) is 29.3 Å². The highest BCUT2D eigenvalue weighted by Crippen LogP contribution is 2.20. The van der Waals surface area contributed by atoms with Gasteiger partial charge in [0, 0.05) is 62.5 Å². The second-order valence-electron chi connectivity index (χ2n) is 8.59. The molecule has 1 aliphatic rings. The zero-order valence-electron chi connectivity index (χ0n) is 20.0. The van der Waals surface area contributed by atoms with Crippen molar-refractivity contribution >= 4 is 29.4 Å². The van der Waals surface area contributed by atoms with Gasteiger partial charge >= 0.3 is 6.03 Å². The molecule has 2 atom stereocenters. The van der Waals surface area contributed by atoms with E-state index in [1.54, 1.807) is 18.5 Å². The van der Waals surface area contributed by atoms with E-state index in [1.165, 1.54) is 31.5 Å². The van der Waals surface area contributed by atoms with Crippen LogP contribution in [0.1, 0.15) is 16.8 Å². The lowest BCUT2D eigenvalue weighted by Crippen LogP contribution is -2.71. The molecule has 11 heteroatoms. The molecule has 2 aromatic heterocycles. The van der Waals surface area contributed by atoms with Gasteiger partial charge in [0.1, 0.15) is 23.1 Å². The normalized spacial score (nSPS) is 17.7. The first-order valence-corrected chi connectivity index (χ1v) is 11.4. The van der Waals surface area contributed by atoms with Crippen molar-refractivity contribution in [2.75, 3.05) is 25.5 Å². The fourth-order valence-electron chi connectivity index (χ4n) is 4.22. The number of likely N-dealkylation sites (tertiary alicyclic amines) is 1. The van der Waals surface area contributed by atoms with E-state index in [2.05, 4.69) is 20.6 Å². The van der Waals surface area contributed by atoms with E-state index in [0.717, 1.165) is 17.1 Å². The van der Waals surface area contributed by atoms with Crippen molar-refractivity contribution in [2.24, 2.45) is 0 Å². The van der Waals surface area contributed by atoms with Crippen LogP contribution < -0.4 is 16.0 Å². The summed E-state index contributed by atoms with van der Waals surface area (Å²) in [6, 6.07) is 8.28. The highest BCUT2D eigenvalue weighted by atomic mass is 19.1. The Morgan fingerprint density at radius 3 is 2.72 bits per heavy atom. The Balaban J connectivity index is 1.38. The highest BCUT2D eigenvalue weighted by Gasteiger charge is 2.34. The summed E-state index contributed by atoms with van der Waals surface area (Å²) >= 11 is 0. The lowest BCUT2D eigenvalue weighted by Gasteiger charge is -2.19. The summed E-state index contributed by atoms with van der Waals surface area (Å²) in [5, 5.41) is 15.2. The molecule has 1 aromatic carbocycles. The van der Waals surface area contributed by atoms with Gasteiger partial charge in [-0.1, -0.05) is 6.07 Å². The monoisotopic (exact) mass is 496 g/mol. The smallest absolute Gasteiger partial charge is 0.320 e. The second-order valence-corrected chi connectivity index (χ2v) is 8.59. The number of ether oxygens (including phenoxy) is 1. The molecule has 9 nitrogen and oxygen atoms in total. The number of rotatable bonds is 8. The first-order chi connectivity index (χ1) is 17.4. The lowest BCUT2D eigenvalue weighted by atomic mass is 10.2. The number of benzene rings is 1. The number of aryl methyl sites for hydroxylation is 1. The zero-order chi connectivity index (χ0) is 25.7. The third-order valence-corrected chi connectivity index (χ3v) is 6.01. The number of nitrogens with two attached hydrogens (primary N) is 1. The molecule has 4 rings (SSSR count). The van der Waals surface area contributed by atoms with Crippen LogP contribution in [0.5, 0.6) is 0 Å². The number of pyridine rings is 2. The van der Waals surface area contributed by atoms with Crippen molar-refractivity contribution in [3.63, 3.8) is 0 Å². The summed E-state index contributed by atoms with van der Waals surface area (Å²) in [7, 11) is 1.53. The first-order valence-electron chi connectivity index (χ1n) is 11.4. The SMILES string of the molecule is CO[C@H]1CN(Cc2c(F)cccc2F)C[C@@H]1NC(=O)Nc1cc(C=N)c([NH2+]c2ccnc(C)c2)cn1. The van der Waals surface area contributed by atoms with Crippen molar-refractivity contribution in [1.29, 1.82) is 5.41 Å². The number of carbonyl (C=O) groups excluding carboxylic acids is 1. The number of halogens is 2. The number of nitrogens with zero attached hydrogens (tertiary/aromatic N) is 3. The molecule has 0 spiro atoms. The van der Waals surface area contributed by atoms with Crippen molar-refractivity contribution in [1.82, 2.24) is 20.2 Å². The molecule has 0 unspecified atom stereocenters. The Morgan fingerprint density at radius 2 is 2.03 bits per heavy atom. The fourth-order valence-corrected chi connectivity index (χ4v) is 4.22. The van der Waals surface area contributed by atoms with Crippen molar-refractivity contribution in [3.8, 4) is 0 Å². The van der Waals surface area contributed by atoms with Gasteiger partial charge in [0.2, 0.25) is 0 Å². The highest BCUT2D eigenvalue weighted by molar-refractivity contribution is 5.91. The van der Waals surface area contributed by atoms with Crippen LogP contribution in [0.25, 0.3) is 0 Å². The van der Waals surface area contributed by atoms with Gasteiger partial charge in [-0.25, -0.2) is 18.6 Å². The first kappa shape index (κ1) is 25.3. The third kappa shape index (κ3) is 6.06. The topological polar surface area (TPSA) is 120 Å². The van der Waals surface area contributed by atoms with Gasteiger partial charge < -0.3 is 15.5 Å². The molecule has 5 N–H and O–H groups in total. The van der Waals surface area contributed by atoms with Crippen molar-refractivity contribution < 1.29 is 23.6 Å². The van der Waals surface area contributed by atoms with Gasteiger partial charge in [-0.3, -0.25) is 20.5 Å². The van der Waals surface area contributed by atoms with Crippen molar-refractivity contribution in [2.45, 2.75) is 25.6 Å². The maximum absolute atomic E-state index is 14.1. The van der Waals surface area contributed by atoms with Crippen LogP contribution in [-0.4, -0.2) is 59.5 Å². The predicted molar refractivity (Wildman–Crippen MR) is 131 cm³/mol. The van der Waals surface area contributed by atoms with Gasteiger partial charge in [0.15, 0.2) is 5.69 Å². The van der Waals surface area contributed by atoms with E-state index >= 15 is 0 Å². The summed E-state index contributed by atoms with van der Waals surface area (Å²) in [6.45, 7) is 2.73. The summed E-state index contributed by atoms with van der Waals surface area (Å²) in [6.07, 6.45) is 4.15. The number of hydrogen-bond donors (Lipinski definition) is 4. The second kappa shape index (κ2) is 11.3. The minimum atomic E-state index is -0.606. The number of amides is 2. The summed E-state index contributed by atoms with van der Waals surface area (Å²) in [4.78, 5) is 23.0. The van der Waals surface area contributed by atoms with E-state index in [4.69, 9.17) is 10.1 Å². The van der Waals surface area contributed by atoms with Gasteiger partial charge in [-0.2, -0.15) is 0 Å². The summed E-state index contributed by atoms with van der Waals surface area (Å²) in [5.41, 5.74) is 3.11. The molecule has 1 saturated heterocycles. The summed E-state index contributed by atoms with van der Waals surface area (Å²) < 4.78 is 33.6. The minimum absolute atomic E-state index is 0.0142. The van der Waals surface area contributed by atoms with Crippen LogP contribution in [0.3, 0.4) is 0 Å². The standard InChI is InChI=1S/C25H27F2N7O2/c1-15-8-17(6-7-29-15)31-21-11-30-24(9-16(21)10-28)33-25(35)32-22-13-34(14-23(22)36-2)12-18-19(26)4-3-5-20(18)27/h3-11,22-23,28H,12-14H2,1-2H3,(H,29,31)(H2,30,32,33,35)/p+1/t22-,23-/m0/s1. The zero-order valence-corrected chi connectivity index (χ0v) is 20.0. The van der Waals surface area contributed by atoms with E-state index in [0.29, 0.717) is 18.7 Å².